The fraction of sp³-hybridized carbons (Fsp3) is 1.00. The Kier molecular flexibility index (Phi) is 3.81. The standard InChI is InChI=1S/C4H5F6O2P/c1-13(11)12-2(3(5,6)7)4(8,9)10/h2,13H,1H3. The van der Waals surface area contributed by atoms with Crippen LogP contribution in [-0.4, -0.2) is 25.1 Å². The molecule has 0 radical (unpaired) electrons. The van der Waals surface area contributed by atoms with Gasteiger partial charge in [-0.2, -0.15) is 26.3 Å². The van der Waals surface area contributed by atoms with Crippen LogP contribution in [0.4, 0.5) is 26.3 Å². The van der Waals surface area contributed by atoms with Crippen molar-refractivity contribution < 1.29 is 35.4 Å². The Morgan fingerprint density at radius 3 is 1.46 bits per heavy atom. The molecule has 0 spiro atoms. The molecule has 0 aliphatic rings. The summed E-state index contributed by atoms with van der Waals surface area (Å²) in [6.07, 6.45) is -15.1. The van der Waals surface area contributed by atoms with E-state index in [9.17, 15) is 30.9 Å². The van der Waals surface area contributed by atoms with Crippen LogP contribution in [-0.2, 0) is 9.09 Å². The molecule has 0 aliphatic carbocycles. The third-order valence-electron chi connectivity index (χ3n) is 0.878. The Labute approximate surface area is 69.7 Å². The third kappa shape index (κ3) is 4.52. The molecule has 9 heteroatoms. The lowest BCUT2D eigenvalue weighted by molar-refractivity contribution is -0.299. The molecule has 13 heavy (non-hydrogen) atoms. The van der Waals surface area contributed by atoms with Crippen LogP contribution in [0.5, 0.6) is 0 Å². The minimum Gasteiger partial charge on any atom is -0.308 e. The van der Waals surface area contributed by atoms with E-state index in [0.29, 0.717) is 6.66 Å². The van der Waals surface area contributed by atoms with Crippen LogP contribution in [0.15, 0.2) is 0 Å². The lowest BCUT2D eigenvalue weighted by Crippen LogP contribution is -2.42. The van der Waals surface area contributed by atoms with Crippen LogP contribution in [0.25, 0.3) is 0 Å². The molecule has 0 bridgehead atoms. The number of hydrogen-bond donors (Lipinski definition) is 0. The van der Waals surface area contributed by atoms with E-state index in [-0.39, 0.29) is 0 Å². The monoisotopic (exact) mass is 230 g/mol. The number of alkyl halides is 6. The molecule has 0 N–H and O–H groups in total. The molecule has 0 aliphatic heterocycles. The van der Waals surface area contributed by atoms with E-state index < -0.39 is 26.5 Å². The van der Waals surface area contributed by atoms with Gasteiger partial charge in [0, 0.05) is 6.66 Å². The van der Waals surface area contributed by atoms with Gasteiger partial charge < -0.3 is 4.52 Å². The first-order valence-electron chi connectivity index (χ1n) is 2.86. The molecule has 0 amide bonds. The van der Waals surface area contributed by atoms with Crippen LogP contribution in [0.2, 0.25) is 0 Å². The normalized spacial score (nSPS) is 16.3. The largest absolute Gasteiger partial charge is 0.424 e. The van der Waals surface area contributed by atoms with Crippen LogP contribution in [0.1, 0.15) is 0 Å². The fourth-order valence-corrected chi connectivity index (χ4v) is 1.08. The molecule has 0 rings (SSSR count). The lowest BCUT2D eigenvalue weighted by Gasteiger charge is -2.21. The molecule has 1 atom stereocenters. The molecule has 0 aromatic rings. The average Bonchev–Trinajstić information content (AvgIpc) is 1.77. The fourth-order valence-electron chi connectivity index (χ4n) is 0.485. The second kappa shape index (κ2) is 3.88. The number of rotatable bonds is 2. The van der Waals surface area contributed by atoms with Crippen LogP contribution < -0.4 is 0 Å². The topological polar surface area (TPSA) is 26.3 Å². The maximum Gasteiger partial charge on any atom is 0.424 e. The quantitative estimate of drug-likeness (QED) is 0.538. The first-order chi connectivity index (χ1) is 5.55. The Bertz CT molecular complexity index is 182. The van der Waals surface area contributed by atoms with Crippen molar-refractivity contribution in [3.8, 4) is 0 Å². The van der Waals surface area contributed by atoms with Crippen LogP contribution in [0.3, 0.4) is 0 Å². The zero-order valence-electron chi connectivity index (χ0n) is 6.16. The van der Waals surface area contributed by atoms with Gasteiger partial charge >= 0.3 is 12.4 Å². The van der Waals surface area contributed by atoms with E-state index in [1.165, 1.54) is 0 Å². The summed E-state index contributed by atoms with van der Waals surface area (Å²) in [6, 6.07) is 0. The summed E-state index contributed by atoms with van der Waals surface area (Å²) in [4.78, 5) is 0. The maximum absolute atomic E-state index is 11.6. The summed E-state index contributed by atoms with van der Waals surface area (Å²) >= 11 is 0. The van der Waals surface area contributed by atoms with E-state index in [0.717, 1.165) is 0 Å². The second-order valence-corrected chi connectivity index (χ2v) is 3.29. The van der Waals surface area contributed by atoms with Gasteiger partial charge in [-0.15, -0.1) is 0 Å². The smallest absolute Gasteiger partial charge is 0.308 e. The summed E-state index contributed by atoms with van der Waals surface area (Å²) in [7, 11) is -3.29. The van der Waals surface area contributed by atoms with Crippen molar-refractivity contribution in [1.29, 1.82) is 0 Å². The third-order valence-corrected chi connectivity index (χ3v) is 1.45. The molecule has 80 valence electrons. The van der Waals surface area contributed by atoms with Gasteiger partial charge in [0.2, 0.25) is 0 Å². The van der Waals surface area contributed by atoms with Crippen molar-refractivity contribution in [3.05, 3.63) is 0 Å². The zero-order valence-corrected chi connectivity index (χ0v) is 7.16. The Hall–Kier alpha value is -0.230. The van der Waals surface area contributed by atoms with Crippen LogP contribution in [0, 0.1) is 0 Å². The molecule has 0 heterocycles. The molecule has 0 saturated carbocycles. The van der Waals surface area contributed by atoms with Gasteiger partial charge in [-0.05, 0) is 0 Å². The predicted molar refractivity (Wildman–Crippen MR) is 31.9 cm³/mol. The SMILES string of the molecule is C[PH](=O)OC(C(F)(F)F)C(F)(F)F. The van der Waals surface area contributed by atoms with E-state index in [1.54, 1.807) is 0 Å². The van der Waals surface area contributed by atoms with Gasteiger partial charge in [0.25, 0.3) is 6.10 Å². The van der Waals surface area contributed by atoms with Crippen molar-refractivity contribution in [2.24, 2.45) is 0 Å². The summed E-state index contributed by atoms with van der Waals surface area (Å²) < 4.78 is 83.0. The molecule has 0 aromatic heterocycles. The molecule has 1 unspecified atom stereocenters. The maximum atomic E-state index is 11.6. The highest BCUT2D eigenvalue weighted by atomic mass is 31.1. The van der Waals surface area contributed by atoms with Crippen molar-refractivity contribution in [1.82, 2.24) is 0 Å². The minimum atomic E-state index is -5.59. The predicted octanol–water partition coefficient (Wildman–Crippen LogP) is 2.60. The average molecular weight is 230 g/mol. The highest BCUT2D eigenvalue weighted by Gasteiger charge is 2.58. The molecular formula is C4H5F6O2P. The number of hydrogen-bond acceptors (Lipinski definition) is 2. The van der Waals surface area contributed by atoms with Gasteiger partial charge in [-0.1, -0.05) is 0 Å². The van der Waals surface area contributed by atoms with Crippen molar-refractivity contribution in [3.63, 3.8) is 0 Å². The Morgan fingerprint density at radius 1 is 1.08 bits per heavy atom. The highest BCUT2D eigenvalue weighted by Crippen LogP contribution is 2.40. The van der Waals surface area contributed by atoms with Crippen molar-refractivity contribution in [2.45, 2.75) is 18.5 Å². The summed E-state index contributed by atoms with van der Waals surface area (Å²) in [5.41, 5.74) is 0. The van der Waals surface area contributed by atoms with Gasteiger partial charge in [0.15, 0.2) is 8.03 Å². The van der Waals surface area contributed by atoms with Gasteiger partial charge in [-0.25, -0.2) is 0 Å². The van der Waals surface area contributed by atoms with Crippen LogP contribution >= 0.6 is 8.03 Å². The lowest BCUT2D eigenvalue weighted by atomic mass is 10.3. The minimum absolute atomic E-state index is 0.648. The molecular weight excluding hydrogens is 225 g/mol. The van der Waals surface area contributed by atoms with E-state index in [2.05, 4.69) is 4.52 Å². The van der Waals surface area contributed by atoms with Crippen molar-refractivity contribution in [2.75, 3.05) is 6.66 Å². The summed E-state index contributed by atoms with van der Waals surface area (Å²) in [6.45, 7) is 0.648. The van der Waals surface area contributed by atoms with Gasteiger partial charge in [0.05, 0.1) is 0 Å². The van der Waals surface area contributed by atoms with Gasteiger partial charge in [-0.3, -0.25) is 4.57 Å². The summed E-state index contributed by atoms with van der Waals surface area (Å²) in [5.74, 6) is 0. The Morgan fingerprint density at radius 2 is 1.38 bits per heavy atom. The number of halogens is 6. The van der Waals surface area contributed by atoms with Gasteiger partial charge in [0.1, 0.15) is 0 Å². The van der Waals surface area contributed by atoms with E-state index in [1.807, 2.05) is 0 Å². The zero-order chi connectivity index (χ0) is 10.9. The first kappa shape index (κ1) is 12.8. The molecule has 2 nitrogen and oxygen atoms in total. The first-order valence-corrected chi connectivity index (χ1v) is 4.67. The molecule has 0 aromatic carbocycles. The van der Waals surface area contributed by atoms with Crippen molar-refractivity contribution >= 4 is 8.03 Å². The molecule has 0 saturated heterocycles. The summed E-state index contributed by atoms with van der Waals surface area (Å²) in [5, 5.41) is 0. The molecule has 0 fully saturated rings. The highest BCUT2D eigenvalue weighted by molar-refractivity contribution is 7.38. The van der Waals surface area contributed by atoms with E-state index >= 15 is 0 Å². The Balaban J connectivity index is 4.68. The van der Waals surface area contributed by atoms with E-state index in [4.69, 9.17) is 0 Å². The second-order valence-electron chi connectivity index (χ2n) is 2.07.